The van der Waals surface area contributed by atoms with Gasteiger partial charge in [0.05, 0.1) is 11.6 Å². The number of halogens is 1. The molecule has 2 aromatic carbocycles. The minimum absolute atomic E-state index is 0.00844. The van der Waals surface area contributed by atoms with E-state index in [1.807, 2.05) is 49.3 Å². The van der Waals surface area contributed by atoms with E-state index in [4.69, 9.17) is 0 Å². The number of carbonyl (C=O) groups excluding carboxylic acids is 2. The third-order valence-corrected chi connectivity index (χ3v) is 5.29. The molecule has 1 atom stereocenters. The Labute approximate surface area is 176 Å². The molecule has 158 valence electrons. The summed E-state index contributed by atoms with van der Waals surface area (Å²) in [5, 5.41) is 10.6. The van der Waals surface area contributed by atoms with Crippen LogP contribution in [0, 0.1) is 5.82 Å². The second-order valence-corrected chi connectivity index (χ2v) is 7.75. The van der Waals surface area contributed by atoms with Crippen molar-refractivity contribution < 1.29 is 19.1 Å². The number of hydrogen-bond donors (Lipinski definition) is 1. The van der Waals surface area contributed by atoms with Crippen molar-refractivity contribution in [3.8, 4) is 0 Å². The molecule has 1 unspecified atom stereocenters. The number of rotatable bonds is 9. The van der Waals surface area contributed by atoms with Crippen molar-refractivity contribution in [2.75, 3.05) is 27.2 Å². The Morgan fingerprint density at radius 2 is 1.77 bits per heavy atom. The lowest BCUT2D eigenvalue weighted by atomic mass is 9.93. The molecule has 1 amide bonds. The van der Waals surface area contributed by atoms with Crippen LogP contribution >= 0.6 is 0 Å². The fourth-order valence-corrected chi connectivity index (χ4v) is 3.78. The van der Waals surface area contributed by atoms with Gasteiger partial charge in [-0.15, -0.1) is 0 Å². The summed E-state index contributed by atoms with van der Waals surface area (Å²) in [5.74, 6) is -2.03. The zero-order valence-electron chi connectivity index (χ0n) is 17.3. The summed E-state index contributed by atoms with van der Waals surface area (Å²) in [6.07, 6.45) is 1.25. The number of aryl methyl sites for hydroxylation is 1. The smallest absolute Gasteiger partial charge is 0.290 e. The molecular weight excluding hydrogens is 383 g/mol. The molecule has 3 rings (SSSR count). The van der Waals surface area contributed by atoms with Crippen LogP contribution in [0.5, 0.6) is 0 Å². The van der Waals surface area contributed by atoms with E-state index in [-0.39, 0.29) is 23.3 Å². The minimum Gasteiger partial charge on any atom is -0.503 e. The molecule has 0 fully saturated rings. The van der Waals surface area contributed by atoms with Gasteiger partial charge < -0.3 is 14.9 Å². The van der Waals surface area contributed by atoms with Gasteiger partial charge in [-0.1, -0.05) is 48.5 Å². The van der Waals surface area contributed by atoms with E-state index in [1.165, 1.54) is 11.0 Å². The van der Waals surface area contributed by atoms with Gasteiger partial charge in [-0.25, -0.2) is 4.39 Å². The maximum atomic E-state index is 14.6. The number of Topliss-reactive ketones (excluding diaryl/α,β-unsaturated/α-hetero) is 1. The standard InChI is InChI=1S/C24H27FN2O3/c1-26(2)15-8-16-27-22(18-11-6-7-12-19(18)25)21(23(29)24(27)30)20(28)14-13-17-9-4-3-5-10-17/h3-7,9-12,22,29H,8,13-16H2,1-2H3. The van der Waals surface area contributed by atoms with Gasteiger partial charge in [0.15, 0.2) is 11.5 Å². The van der Waals surface area contributed by atoms with Gasteiger partial charge >= 0.3 is 0 Å². The normalized spacial score (nSPS) is 16.6. The molecule has 0 spiro atoms. The lowest BCUT2D eigenvalue weighted by molar-refractivity contribution is -0.129. The van der Waals surface area contributed by atoms with Crippen LogP contribution in [0.3, 0.4) is 0 Å². The first kappa shape index (κ1) is 21.7. The predicted molar refractivity (Wildman–Crippen MR) is 113 cm³/mol. The average molecular weight is 410 g/mol. The highest BCUT2D eigenvalue weighted by molar-refractivity contribution is 6.09. The number of benzene rings is 2. The maximum absolute atomic E-state index is 14.6. The lowest BCUT2D eigenvalue weighted by Gasteiger charge is -2.27. The number of amides is 1. The first-order valence-electron chi connectivity index (χ1n) is 10.1. The van der Waals surface area contributed by atoms with Gasteiger partial charge in [0.25, 0.3) is 5.91 Å². The Bertz CT molecular complexity index is 940. The summed E-state index contributed by atoms with van der Waals surface area (Å²) in [6, 6.07) is 14.7. The molecule has 0 saturated heterocycles. The third-order valence-electron chi connectivity index (χ3n) is 5.29. The first-order valence-corrected chi connectivity index (χ1v) is 10.1. The van der Waals surface area contributed by atoms with E-state index >= 15 is 0 Å². The molecule has 1 N–H and O–H groups in total. The Balaban J connectivity index is 1.89. The Morgan fingerprint density at radius 1 is 1.10 bits per heavy atom. The molecule has 0 radical (unpaired) electrons. The fourth-order valence-electron chi connectivity index (χ4n) is 3.78. The number of aliphatic hydroxyl groups is 1. The van der Waals surface area contributed by atoms with Crippen molar-refractivity contribution in [3.05, 3.63) is 82.9 Å². The summed E-state index contributed by atoms with van der Waals surface area (Å²) in [5.41, 5.74) is 1.20. The van der Waals surface area contributed by atoms with E-state index < -0.39 is 23.5 Å². The first-order chi connectivity index (χ1) is 14.4. The monoisotopic (exact) mass is 410 g/mol. The van der Waals surface area contributed by atoms with Crippen LogP contribution in [-0.2, 0) is 16.0 Å². The summed E-state index contributed by atoms with van der Waals surface area (Å²) >= 11 is 0. The second kappa shape index (κ2) is 9.67. The molecule has 1 aliphatic rings. The molecule has 5 nitrogen and oxygen atoms in total. The number of nitrogens with zero attached hydrogens (tertiary/aromatic N) is 2. The van der Waals surface area contributed by atoms with Crippen molar-refractivity contribution >= 4 is 11.7 Å². The largest absolute Gasteiger partial charge is 0.503 e. The molecule has 2 aromatic rings. The number of ketones is 1. The lowest BCUT2D eigenvalue weighted by Crippen LogP contribution is -2.34. The topological polar surface area (TPSA) is 60.9 Å². The second-order valence-electron chi connectivity index (χ2n) is 7.75. The molecule has 1 heterocycles. The molecule has 0 aromatic heterocycles. The average Bonchev–Trinajstić information content (AvgIpc) is 2.98. The van der Waals surface area contributed by atoms with E-state index in [2.05, 4.69) is 0 Å². The summed E-state index contributed by atoms with van der Waals surface area (Å²) < 4.78 is 14.6. The number of carbonyl (C=O) groups is 2. The Morgan fingerprint density at radius 3 is 2.43 bits per heavy atom. The quantitative estimate of drug-likeness (QED) is 0.685. The van der Waals surface area contributed by atoms with Crippen molar-refractivity contribution in [1.29, 1.82) is 0 Å². The van der Waals surface area contributed by atoms with Crippen molar-refractivity contribution in [2.45, 2.75) is 25.3 Å². The molecular formula is C24H27FN2O3. The van der Waals surface area contributed by atoms with Gasteiger partial charge in [0, 0.05) is 18.5 Å². The molecule has 0 saturated carbocycles. The third kappa shape index (κ3) is 4.76. The summed E-state index contributed by atoms with van der Waals surface area (Å²) in [6.45, 7) is 1.04. The van der Waals surface area contributed by atoms with Crippen LogP contribution < -0.4 is 0 Å². The van der Waals surface area contributed by atoms with Gasteiger partial charge in [-0.3, -0.25) is 9.59 Å². The molecule has 1 aliphatic heterocycles. The van der Waals surface area contributed by atoms with Gasteiger partial charge in [-0.2, -0.15) is 0 Å². The van der Waals surface area contributed by atoms with Crippen molar-refractivity contribution in [3.63, 3.8) is 0 Å². The highest BCUT2D eigenvalue weighted by Gasteiger charge is 2.43. The zero-order chi connectivity index (χ0) is 21.7. The van der Waals surface area contributed by atoms with Crippen molar-refractivity contribution in [2.24, 2.45) is 0 Å². The molecule has 30 heavy (non-hydrogen) atoms. The van der Waals surface area contributed by atoms with E-state index in [0.717, 1.165) is 12.1 Å². The summed E-state index contributed by atoms with van der Waals surface area (Å²) in [4.78, 5) is 29.3. The zero-order valence-corrected chi connectivity index (χ0v) is 17.3. The Hall–Kier alpha value is -2.99. The summed E-state index contributed by atoms with van der Waals surface area (Å²) in [7, 11) is 3.85. The van der Waals surface area contributed by atoms with Crippen LogP contribution in [0.15, 0.2) is 65.9 Å². The highest BCUT2D eigenvalue weighted by Crippen LogP contribution is 2.39. The van der Waals surface area contributed by atoms with Crippen LogP contribution in [0.4, 0.5) is 4.39 Å². The van der Waals surface area contributed by atoms with Gasteiger partial charge in [-0.05, 0) is 45.1 Å². The van der Waals surface area contributed by atoms with Crippen LogP contribution in [0.1, 0.15) is 30.0 Å². The Kier molecular flexibility index (Phi) is 7.00. The van der Waals surface area contributed by atoms with E-state index in [0.29, 0.717) is 19.4 Å². The van der Waals surface area contributed by atoms with Gasteiger partial charge in [0.2, 0.25) is 0 Å². The van der Waals surface area contributed by atoms with Crippen molar-refractivity contribution in [1.82, 2.24) is 9.80 Å². The van der Waals surface area contributed by atoms with Gasteiger partial charge in [0.1, 0.15) is 5.82 Å². The fraction of sp³-hybridized carbons (Fsp3) is 0.333. The van der Waals surface area contributed by atoms with Crippen LogP contribution in [0.25, 0.3) is 0 Å². The number of hydrogen-bond acceptors (Lipinski definition) is 4. The maximum Gasteiger partial charge on any atom is 0.290 e. The van der Waals surface area contributed by atoms with Crippen LogP contribution in [0.2, 0.25) is 0 Å². The molecule has 6 heteroatoms. The molecule has 0 aliphatic carbocycles. The number of aliphatic hydroxyl groups excluding tert-OH is 1. The minimum atomic E-state index is -0.913. The molecule has 0 bridgehead atoms. The van der Waals surface area contributed by atoms with E-state index in [9.17, 15) is 19.1 Å². The van der Waals surface area contributed by atoms with E-state index in [1.54, 1.807) is 18.2 Å². The highest BCUT2D eigenvalue weighted by atomic mass is 19.1. The SMILES string of the molecule is CN(C)CCCN1C(=O)C(O)=C(C(=O)CCc2ccccc2)C1c1ccccc1F. The predicted octanol–water partition coefficient (Wildman–Crippen LogP) is 3.67. The van der Waals surface area contributed by atoms with Crippen LogP contribution in [-0.4, -0.2) is 53.8 Å².